The number of hydrogen-bond donors (Lipinski definition) is 0. The lowest BCUT2D eigenvalue weighted by molar-refractivity contribution is 0.0851. The molecule has 0 atom stereocenters. The van der Waals surface area contributed by atoms with Gasteiger partial charge < -0.3 is 9.30 Å². The Hall–Kier alpha value is -1.84. The van der Waals surface area contributed by atoms with E-state index in [4.69, 9.17) is 21.3 Å². The molecule has 2 aliphatic heterocycles. The van der Waals surface area contributed by atoms with Crippen LogP contribution < -0.4 is 10.7 Å². The van der Waals surface area contributed by atoms with E-state index in [9.17, 15) is 0 Å². The van der Waals surface area contributed by atoms with Crippen molar-refractivity contribution in [3.63, 3.8) is 0 Å². The molecular weight excluding hydrogens is 320 g/mol. The molecule has 1 fully saturated rings. The summed E-state index contributed by atoms with van der Waals surface area (Å²) >= 11 is 6.06. The van der Waals surface area contributed by atoms with Crippen molar-refractivity contribution < 1.29 is 4.74 Å². The van der Waals surface area contributed by atoms with Gasteiger partial charge in [-0.05, 0) is 61.4 Å². The summed E-state index contributed by atoms with van der Waals surface area (Å²) in [5, 5.41) is 3.08. The number of allylic oxidation sites excluding steroid dienone is 1. The Morgan fingerprint density at radius 1 is 1.08 bits per heavy atom. The molecule has 3 nitrogen and oxygen atoms in total. The second-order valence-corrected chi connectivity index (χ2v) is 6.78. The highest BCUT2D eigenvalue weighted by molar-refractivity contribution is 6.30. The Balaban J connectivity index is 1.91. The first kappa shape index (κ1) is 15.7. The Bertz CT molecular complexity index is 858. The average molecular weight is 341 g/mol. The molecule has 124 valence electrons. The zero-order chi connectivity index (χ0) is 16.4. The highest BCUT2D eigenvalue weighted by atomic mass is 35.5. The first-order valence-electron chi connectivity index (χ1n) is 8.61. The van der Waals surface area contributed by atoms with Gasteiger partial charge in [-0.3, -0.25) is 4.99 Å². The summed E-state index contributed by atoms with van der Waals surface area (Å²) in [6.07, 6.45) is 12.9. The third-order valence-corrected chi connectivity index (χ3v) is 5.04. The summed E-state index contributed by atoms with van der Waals surface area (Å²) in [6.45, 7) is 1.68. The molecule has 0 bridgehead atoms. The number of benzene rings is 1. The van der Waals surface area contributed by atoms with Gasteiger partial charge in [0.15, 0.2) is 0 Å². The average Bonchev–Trinajstić information content (AvgIpc) is 2.93. The fourth-order valence-electron chi connectivity index (χ4n) is 3.51. The van der Waals surface area contributed by atoms with Crippen LogP contribution in [0.1, 0.15) is 37.2 Å². The number of halogens is 1. The number of rotatable bonds is 2. The van der Waals surface area contributed by atoms with Gasteiger partial charge in [-0.1, -0.05) is 23.8 Å². The molecular formula is C20H21ClN2O. The Kier molecular flexibility index (Phi) is 4.54. The minimum Gasteiger partial charge on any atom is -0.381 e. The number of aromatic nitrogens is 1. The zero-order valence-electron chi connectivity index (χ0n) is 13.6. The third-order valence-electron chi connectivity index (χ3n) is 4.79. The predicted octanol–water partition coefficient (Wildman–Crippen LogP) is 3.73. The monoisotopic (exact) mass is 340 g/mol. The zero-order valence-corrected chi connectivity index (χ0v) is 14.4. The molecule has 24 heavy (non-hydrogen) atoms. The van der Waals surface area contributed by atoms with Crippen LogP contribution in [0.4, 0.5) is 0 Å². The largest absolute Gasteiger partial charge is 0.381 e. The smallest absolute Gasteiger partial charge is 0.0915 e. The molecule has 3 heterocycles. The molecule has 2 aliphatic rings. The van der Waals surface area contributed by atoms with Crippen molar-refractivity contribution in [2.45, 2.75) is 31.6 Å². The van der Waals surface area contributed by atoms with Crippen LogP contribution in [-0.4, -0.2) is 17.8 Å². The number of ether oxygens (including phenoxy) is 1. The van der Waals surface area contributed by atoms with Gasteiger partial charge in [-0.2, -0.15) is 0 Å². The molecule has 0 unspecified atom stereocenters. The van der Waals surface area contributed by atoms with Crippen LogP contribution in [0.5, 0.6) is 0 Å². The molecule has 0 N–H and O–H groups in total. The highest BCUT2D eigenvalue weighted by Crippen LogP contribution is 2.25. The van der Waals surface area contributed by atoms with Crippen LogP contribution >= 0.6 is 11.6 Å². The maximum absolute atomic E-state index is 6.06. The SMILES string of the molecule is Clc1ccc(-n2cc(C3CCOCC3)c3c2=CCCC=CN=3)cc1. The van der Waals surface area contributed by atoms with E-state index in [0.29, 0.717) is 5.92 Å². The minimum absolute atomic E-state index is 0.519. The maximum atomic E-state index is 6.06. The Labute approximate surface area is 146 Å². The van der Waals surface area contributed by atoms with Crippen LogP contribution in [0.25, 0.3) is 11.8 Å². The molecule has 1 aromatic carbocycles. The third kappa shape index (κ3) is 3.06. The minimum atomic E-state index is 0.519. The molecule has 0 saturated carbocycles. The van der Waals surface area contributed by atoms with Crippen LogP contribution in [0.2, 0.25) is 5.02 Å². The molecule has 2 aromatic rings. The Morgan fingerprint density at radius 2 is 1.88 bits per heavy atom. The van der Waals surface area contributed by atoms with Crippen molar-refractivity contribution in [3.8, 4) is 5.69 Å². The topological polar surface area (TPSA) is 26.5 Å². The molecule has 4 rings (SSSR count). The van der Waals surface area contributed by atoms with Crippen LogP contribution in [-0.2, 0) is 4.74 Å². The van der Waals surface area contributed by atoms with Crippen molar-refractivity contribution in [3.05, 3.63) is 64.0 Å². The number of hydrogen-bond acceptors (Lipinski definition) is 2. The summed E-state index contributed by atoms with van der Waals surface area (Å²) < 4.78 is 7.80. The van der Waals surface area contributed by atoms with E-state index in [1.54, 1.807) is 0 Å². The molecule has 4 heteroatoms. The van der Waals surface area contributed by atoms with Crippen molar-refractivity contribution in [2.24, 2.45) is 4.99 Å². The lowest BCUT2D eigenvalue weighted by Gasteiger charge is -2.21. The van der Waals surface area contributed by atoms with Crippen LogP contribution in [0.15, 0.2) is 47.7 Å². The number of nitrogens with zero attached hydrogens (tertiary/aromatic N) is 2. The number of fused-ring (bicyclic) bond motifs is 1. The highest BCUT2D eigenvalue weighted by Gasteiger charge is 2.20. The summed E-state index contributed by atoms with van der Waals surface area (Å²) in [5.41, 5.74) is 2.47. The first-order valence-corrected chi connectivity index (χ1v) is 8.99. The van der Waals surface area contributed by atoms with Gasteiger partial charge in [-0.25, -0.2) is 0 Å². The van der Waals surface area contributed by atoms with Gasteiger partial charge in [0.05, 0.1) is 10.7 Å². The van der Waals surface area contributed by atoms with Gasteiger partial charge in [-0.15, -0.1) is 0 Å². The molecule has 0 amide bonds. The quantitative estimate of drug-likeness (QED) is 0.818. The summed E-state index contributed by atoms with van der Waals surface area (Å²) in [7, 11) is 0. The molecule has 0 spiro atoms. The van der Waals surface area contributed by atoms with E-state index in [-0.39, 0.29) is 0 Å². The van der Waals surface area contributed by atoms with E-state index in [1.807, 2.05) is 18.3 Å². The molecule has 0 aliphatic carbocycles. The predicted molar refractivity (Wildman–Crippen MR) is 97.2 cm³/mol. The van der Waals surface area contributed by atoms with Crippen molar-refractivity contribution in [2.75, 3.05) is 13.2 Å². The van der Waals surface area contributed by atoms with Gasteiger partial charge >= 0.3 is 0 Å². The summed E-state index contributed by atoms with van der Waals surface area (Å²) in [4.78, 5) is 4.79. The van der Waals surface area contributed by atoms with Crippen molar-refractivity contribution >= 4 is 17.7 Å². The van der Waals surface area contributed by atoms with Crippen LogP contribution in [0, 0.1) is 0 Å². The van der Waals surface area contributed by atoms with Gasteiger partial charge in [0, 0.05) is 36.3 Å². The first-order chi connectivity index (χ1) is 11.8. The standard InChI is InChI=1S/C20H21ClN2O/c21-16-5-7-17(8-6-16)23-14-18(15-9-12-24-13-10-15)20-19(23)4-2-1-3-11-22-20/h3-8,11,14-15H,1-2,9-10,12-13H2. The summed E-state index contributed by atoms with van der Waals surface area (Å²) in [5.74, 6) is 0.519. The van der Waals surface area contributed by atoms with Crippen molar-refractivity contribution in [1.29, 1.82) is 0 Å². The lowest BCUT2D eigenvalue weighted by atomic mass is 9.93. The maximum Gasteiger partial charge on any atom is 0.0915 e. The van der Waals surface area contributed by atoms with E-state index >= 15 is 0 Å². The van der Waals surface area contributed by atoms with E-state index < -0.39 is 0 Å². The lowest BCUT2D eigenvalue weighted by Crippen LogP contribution is -2.31. The van der Waals surface area contributed by atoms with E-state index in [2.05, 4.69) is 35.0 Å². The summed E-state index contributed by atoms with van der Waals surface area (Å²) in [6, 6.07) is 8.02. The normalized spacial score (nSPS) is 18.2. The Morgan fingerprint density at radius 3 is 2.67 bits per heavy atom. The van der Waals surface area contributed by atoms with Gasteiger partial charge in [0.1, 0.15) is 0 Å². The van der Waals surface area contributed by atoms with E-state index in [0.717, 1.165) is 55.0 Å². The fourth-order valence-corrected chi connectivity index (χ4v) is 3.63. The second kappa shape index (κ2) is 6.96. The van der Waals surface area contributed by atoms with Crippen LogP contribution in [0.3, 0.4) is 0 Å². The van der Waals surface area contributed by atoms with Gasteiger partial charge in [0.25, 0.3) is 0 Å². The molecule has 1 saturated heterocycles. The molecule has 0 radical (unpaired) electrons. The van der Waals surface area contributed by atoms with E-state index in [1.165, 1.54) is 10.9 Å². The molecule has 1 aromatic heterocycles. The fraction of sp³-hybridized carbons (Fsp3) is 0.350. The second-order valence-electron chi connectivity index (χ2n) is 6.35. The van der Waals surface area contributed by atoms with Crippen molar-refractivity contribution in [1.82, 2.24) is 4.57 Å². The van der Waals surface area contributed by atoms with Gasteiger partial charge in [0.2, 0.25) is 0 Å².